The van der Waals surface area contributed by atoms with E-state index in [4.69, 9.17) is 0 Å². The summed E-state index contributed by atoms with van der Waals surface area (Å²) in [5, 5.41) is 4.38. The van der Waals surface area contributed by atoms with Crippen molar-refractivity contribution in [3.63, 3.8) is 0 Å². The summed E-state index contributed by atoms with van der Waals surface area (Å²) >= 11 is 3.52. The quantitative estimate of drug-likeness (QED) is 0.771. The third-order valence-corrected chi connectivity index (χ3v) is 2.82. The predicted octanol–water partition coefficient (Wildman–Crippen LogP) is 1.55. The van der Waals surface area contributed by atoms with Gasteiger partial charge in [0.2, 0.25) is 0 Å². The molecule has 0 bridgehead atoms. The zero-order valence-electron chi connectivity index (χ0n) is 7.93. The molecule has 0 fully saturated rings. The summed E-state index contributed by atoms with van der Waals surface area (Å²) in [7, 11) is 6.03. The number of hydrogen-bond donors (Lipinski definition) is 0. The summed E-state index contributed by atoms with van der Waals surface area (Å²) in [5.74, 6) is 0. The normalized spacial score (nSPS) is 11.2. The Morgan fingerprint density at radius 1 is 1.50 bits per heavy atom. The zero-order valence-corrected chi connectivity index (χ0v) is 9.51. The second kappa shape index (κ2) is 3.58. The first-order valence-electron chi connectivity index (χ1n) is 3.85. The molecule has 68 valence electrons. The Labute approximate surface area is 81.5 Å². The second-order valence-electron chi connectivity index (χ2n) is 3.21. The van der Waals surface area contributed by atoms with Crippen molar-refractivity contribution in [2.45, 2.75) is 13.5 Å². The van der Waals surface area contributed by atoms with E-state index in [2.05, 4.69) is 32.9 Å². The van der Waals surface area contributed by atoms with Crippen LogP contribution >= 0.6 is 15.9 Å². The van der Waals surface area contributed by atoms with E-state index in [1.54, 1.807) is 0 Å². The van der Waals surface area contributed by atoms with Crippen molar-refractivity contribution in [2.24, 2.45) is 7.05 Å². The molecule has 0 aliphatic carbocycles. The maximum Gasteiger partial charge on any atom is 0.0909 e. The lowest BCUT2D eigenvalue weighted by Crippen LogP contribution is -2.11. The van der Waals surface area contributed by atoms with Crippen LogP contribution in [0.2, 0.25) is 0 Å². The first kappa shape index (κ1) is 9.74. The molecule has 0 aliphatic rings. The van der Waals surface area contributed by atoms with Crippen LogP contribution < -0.4 is 0 Å². The molecule has 1 aromatic rings. The van der Waals surface area contributed by atoms with E-state index < -0.39 is 0 Å². The molecule has 0 radical (unpaired) electrons. The maximum atomic E-state index is 4.38. The van der Waals surface area contributed by atoms with Crippen LogP contribution in [-0.2, 0) is 13.6 Å². The number of rotatable bonds is 2. The Hall–Kier alpha value is -0.350. The van der Waals surface area contributed by atoms with Crippen LogP contribution in [-0.4, -0.2) is 28.8 Å². The van der Waals surface area contributed by atoms with Crippen molar-refractivity contribution >= 4 is 15.9 Å². The molecule has 0 N–H and O–H groups in total. The fourth-order valence-electron chi connectivity index (χ4n) is 1.05. The summed E-state index contributed by atoms with van der Waals surface area (Å²) in [5.41, 5.74) is 2.27. The smallest absolute Gasteiger partial charge is 0.0909 e. The average Bonchev–Trinajstić information content (AvgIpc) is 2.17. The number of nitrogens with zero attached hydrogens (tertiary/aromatic N) is 3. The minimum atomic E-state index is 0.877. The number of halogens is 1. The number of hydrogen-bond acceptors (Lipinski definition) is 2. The zero-order chi connectivity index (χ0) is 9.30. The van der Waals surface area contributed by atoms with Crippen molar-refractivity contribution in [1.82, 2.24) is 14.7 Å². The van der Waals surface area contributed by atoms with Gasteiger partial charge in [-0.2, -0.15) is 5.10 Å². The summed E-state index contributed by atoms with van der Waals surface area (Å²) < 4.78 is 3.02. The molecule has 1 rings (SSSR count). The van der Waals surface area contributed by atoms with E-state index in [1.165, 1.54) is 5.69 Å². The largest absolute Gasteiger partial charge is 0.303 e. The van der Waals surface area contributed by atoms with Crippen molar-refractivity contribution in [1.29, 1.82) is 0 Å². The third-order valence-electron chi connectivity index (χ3n) is 1.79. The average molecular weight is 232 g/mol. The van der Waals surface area contributed by atoms with Gasteiger partial charge in [-0.05, 0) is 36.9 Å². The Morgan fingerprint density at radius 3 is 2.42 bits per heavy atom. The summed E-state index contributed by atoms with van der Waals surface area (Å²) in [6, 6.07) is 0. The SMILES string of the molecule is Cc1c(Br)c(CN(C)C)nn1C. The van der Waals surface area contributed by atoms with E-state index in [-0.39, 0.29) is 0 Å². The van der Waals surface area contributed by atoms with Crippen LogP contribution in [0.5, 0.6) is 0 Å². The maximum absolute atomic E-state index is 4.38. The lowest BCUT2D eigenvalue weighted by Gasteiger charge is -2.06. The second-order valence-corrected chi connectivity index (χ2v) is 4.00. The monoisotopic (exact) mass is 231 g/mol. The van der Waals surface area contributed by atoms with E-state index in [1.807, 2.05) is 25.8 Å². The summed E-state index contributed by atoms with van der Waals surface area (Å²) in [6.07, 6.45) is 0. The molecule has 0 aromatic carbocycles. The Morgan fingerprint density at radius 2 is 2.08 bits per heavy atom. The number of aryl methyl sites for hydroxylation is 1. The minimum Gasteiger partial charge on any atom is -0.303 e. The van der Waals surface area contributed by atoms with Gasteiger partial charge in [0.15, 0.2) is 0 Å². The van der Waals surface area contributed by atoms with Crippen LogP contribution in [0.25, 0.3) is 0 Å². The van der Waals surface area contributed by atoms with Crippen molar-refractivity contribution in [3.8, 4) is 0 Å². The van der Waals surface area contributed by atoms with Gasteiger partial charge in [-0.1, -0.05) is 0 Å². The molecule has 0 atom stereocenters. The van der Waals surface area contributed by atoms with Crippen molar-refractivity contribution in [3.05, 3.63) is 15.9 Å². The van der Waals surface area contributed by atoms with Gasteiger partial charge in [0.25, 0.3) is 0 Å². The van der Waals surface area contributed by atoms with Gasteiger partial charge in [0, 0.05) is 19.3 Å². The van der Waals surface area contributed by atoms with Crippen LogP contribution in [0.15, 0.2) is 4.47 Å². The first-order valence-corrected chi connectivity index (χ1v) is 4.64. The molecule has 0 spiro atoms. The molecule has 1 aromatic heterocycles. The van der Waals surface area contributed by atoms with Crippen molar-refractivity contribution in [2.75, 3.05) is 14.1 Å². The fraction of sp³-hybridized carbons (Fsp3) is 0.625. The molecule has 1 heterocycles. The molecular formula is C8H14BrN3. The van der Waals surface area contributed by atoms with Crippen LogP contribution in [0.3, 0.4) is 0 Å². The highest BCUT2D eigenvalue weighted by Gasteiger charge is 2.09. The molecule has 0 aliphatic heterocycles. The van der Waals surface area contributed by atoms with Gasteiger partial charge in [-0.3, -0.25) is 4.68 Å². The fourth-order valence-corrected chi connectivity index (χ4v) is 1.51. The van der Waals surface area contributed by atoms with E-state index in [0.717, 1.165) is 16.7 Å². The summed E-state index contributed by atoms with van der Waals surface area (Å²) in [6.45, 7) is 2.93. The topological polar surface area (TPSA) is 21.1 Å². The minimum absolute atomic E-state index is 0.877. The Kier molecular flexibility index (Phi) is 2.90. The standard InChI is InChI=1S/C8H14BrN3/c1-6-8(9)7(5-11(2)3)10-12(6)4/h5H2,1-4H3. The molecule has 0 saturated heterocycles. The Balaban J connectivity index is 2.93. The third kappa shape index (κ3) is 1.87. The summed E-state index contributed by atoms with van der Waals surface area (Å²) in [4.78, 5) is 2.10. The molecule has 12 heavy (non-hydrogen) atoms. The first-order chi connectivity index (χ1) is 5.52. The molecule has 4 heteroatoms. The van der Waals surface area contributed by atoms with Gasteiger partial charge in [0.1, 0.15) is 0 Å². The van der Waals surface area contributed by atoms with Crippen LogP contribution in [0.4, 0.5) is 0 Å². The highest BCUT2D eigenvalue weighted by molar-refractivity contribution is 9.10. The van der Waals surface area contributed by atoms with Crippen LogP contribution in [0, 0.1) is 6.92 Å². The molecule has 0 unspecified atom stereocenters. The van der Waals surface area contributed by atoms with E-state index in [0.29, 0.717) is 0 Å². The van der Waals surface area contributed by atoms with Gasteiger partial charge in [-0.15, -0.1) is 0 Å². The highest BCUT2D eigenvalue weighted by atomic mass is 79.9. The lowest BCUT2D eigenvalue weighted by molar-refractivity contribution is 0.394. The number of aromatic nitrogens is 2. The molecular weight excluding hydrogens is 218 g/mol. The van der Waals surface area contributed by atoms with Gasteiger partial charge < -0.3 is 4.90 Å². The van der Waals surface area contributed by atoms with Crippen LogP contribution in [0.1, 0.15) is 11.4 Å². The van der Waals surface area contributed by atoms with E-state index in [9.17, 15) is 0 Å². The van der Waals surface area contributed by atoms with Gasteiger partial charge in [-0.25, -0.2) is 0 Å². The Bertz CT molecular complexity index is 278. The van der Waals surface area contributed by atoms with Gasteiger partial charge >= 0.3 is 0 Å². The molecule has 0 amide bonds. The van der Waals surface area contributed by atoms with E-state index >= 15 is 0 Å². The van der Waals surface area contributed by atoms with Gasteiger partial charge in [0.05, 0.1) is 10.2 Å². The predicted molar refractivity (Wildman–Crippen MR) is 53.0 cm³/mol. The molecule has 3 nitrogen and oxygen atoms in total. The highest BCUT2D eigenvalue weighted by Crippen LogP contribution is 2.20. The van der Waals surface area contributed by atoms with Crippen molar-refractivity contribution < 1.29 is 0 Å². The molecule has 0 saturated carbocycles. The lowest BCUT2D eigenvalue weighted by atomic mass is 10.3.